The van der Waals surface area contributed by atoms with Crippen molar-refractivity contribution in [3.63, 3.8) is 0 Å². The van der Waals surface area contributed by atoms with Gasteiger partial charge in [-0.05, 0) is 52.4 Å². The summed E-state index contributed by atoms with van der Waals surface area (Å²) in [7, 11) is 0. The van der Waals surface area contributed by atoms with E-state index < -0.39 is 6.09 Å². The van der Waals surface area contributed by atoms with Gasteiger partial charge in [0, 0.05) is 16.9 Å². The van der Waals surface area contributed by atoms with E-state index >= 15 is 0 Å². The molecule has 94 valence electrons. The summed E-state index contributed by atoms with van der Waals surface area (Å²) in [5.41, 5.74) is -0.294. The van der Waals surface area contributed by atoms with Gasteiger partial charge in [-0.25, -0.2) is 4.79 Å². The minimum absolute atomic E-state index is 0.202. The van der Waals surface area contributed by atoms with E-state index in [2.05, 4.69) is 15.9 Å². The summed E-state index contributed by atoms with van der Waals surface area (Å²) in [5, 5.41) is 10.3. The molecule has 1 saturated carbocycles. The number of hydrogen-bond donors (Lipinski definition) is 1. The third-order valence-corrected chi connectivity index (χ3v) is 4.24. The van der Waals surface area contributed by atoms with E-state index in [1.165, 1.54) is 0 Å². The van der Waals surface area contributed by atoms with E-state index in [9.17, 15) is 9.90 Å². The SMILES string of the molecule is CC(C)(C)N(C(=O)O)C1CCC(CBr)CC1. The fourth-order valence-electron chi connectivity index (χ4n) is 2.55. The van der Waals surface area contributed by atoms with Crippen LogP contribution >= 0.6 is 15.9 Å². The van der Waals surface area contributed by atoms with Crippen LogP contribution in [0, 0.1) is 5.92 Å². The smallest absolute Gasteiger partial charge is 0.407 e. The maximum absolute atomic E-state index is 11.3. The van der Waals surface area contributed by atoms with Gasteiger partial charge in [-0.15, -0.1) is 0 Å². The Balaban J connectivity index is 2.65. The van der Waals surface area contributed by atoms with E-state index in [1.54, 1.807) is 4.90 Å². The zero-order valence-corrected chi connectivity index (χ0v) is 12.0. The van der Waals surface area contributed by atoms with Crippen LogP contribution in [0.1, 0.15) is 46.5 Å². The van der Waals surface area contributed by atoms with Crippen molar-refractivity contribution in [2.24, 2.45) is 5.92 Å². The molecule has 0 saturated heterocycles. The van der Waals surface area contributed by atoms with Crippen molar-refractivity contribution in [1.29, 1.82) is 0 Å². The first-order valence-corrected chi connectivity index (χ1v) is 7.06. The van der Waals surface area contributed by atoms with E-state index in [-0.39, 0.29) is 11.6 Å². The molecule has 0 aliphatic heterocycles. The fraction of sp³-hybridized carbons (Fsp3) is 0.917. The highest BCUT2D eigenvalue weighted by Gasteiger charge is 2.35. The highest BCUT2D eigenvalue weighted by molar-refractivity contribution is 9.09. The van der Waals surface area contributed by atoms with Gasteiger partial charge in [0.25, 0.3) is 0 Å². The molecule has 0 aromatic rings. The summed E-state index contributed by atoms with van der Waals surface area (Å²) in [6.07, 6.45) is 3.49. The molecule has 1 N–H and O–H groups in total. The van der Waals surface area contributed by atoms with Crippen molar-refractivity contribution >= 4 is 22.0 Å². The molecule has 0 atom stereocenters. The number of nitrogens with zero attached hydrogens (tertiary/aromatic N) is 1. The highest BCUT2D eigenvalue weighted by Crippen LogP contribution is 2.32. The van der Waals surface area contributed by atoms with Crippen LogP contribution in [0.3, 0.4) is 0 Å². The fourth-order valence-corrected chi connectivity index (χ4v) is 3.20. The van der Waals surface area contributed by atoms with Gasteiger partial charge in [0.05, 0.1) is 0 Å². The van der Waals surface area contributed by atoms with Crippen molar-refractivity contribution in [2.75, 3.05) is 5.33 Å². The van der Waals surface area contributed by atoms with Gasteiger partial charge >= 0.3 is 6.09 Å². The first-order chi connectivity index (χ1) is 7.36. The lowest BCUT2D eigenvalue weighted by Crippen LogP contribution is -2.52. The van der Waals surface area contributed by atoms with Crippen LogP contribution in [0.15, 0.2) is 0 Å². The summed E-state index contributed by atoms with van der Waals surface area (Å²) < 4.78 is 0. The Morgan fingerprint density at radius 2 is 1.81 bits per heavy atom. The Kier molecular flexibility index (Phi) is 4.65. The summed E-state index contributed by atoms with van der Waals surface area (Å²) >= 11 is 3.51. The second kappa shape index (κ2) is 5.39. The predicted octanol–water partition coefficient (Wildman–Crippen LogP) is 3.72. The lowest BCUT2D eigenvalue weighted by molar-refractivity contribution is 0.0519. The molecule has 1 aliphatic rings. The molecule has 1 aliphatic carbocycles. The summed E-state index contributed by atoms with van der Waals surface area (Å²) in [5.74, 6) is 0.729. The van der Waals surface area contributed by atoms with Gasteiger partial charge < -0.3 is 10.0 Å². The van der Waals surface area contributed by atoms with Gasteiger partial charge in [-0.3, -0.25) is 0 Å². The van der Waals surface area contributed by atoms with Crippen molar-refractivity contribution in [3.05, 3.63) is 0 Å². The Labute approximate surface area is 106 Å². The maximum atomic E-state index is 11.3. The van der Waals surface area contributed by atoms with Crippen LogP contribution in [0.4, 0.5) is 4.79 Å². The molecule has 3 nitrogen and oxygen atoms in total. The number of hydrogen-bond acceptors (Lipinski definition) is 1. The lowest BCUT2D eigenvalue weighted by atomic mass is 9.85. The van der Waals surface area contributed by atoms with Crippen LogP contribution < -0.4 is 0 Å². The third-order valence-electron chi connectivity index (χ3n) is 3.33. The normalized spacial score (nSPS) is 26.5. The molecular formula is C12H22BrNO2. The Morgan fingerprint density at radius 3 is 2.12 bits per heavy atom. The molecule has 0 aromatic carbocycles. The van der Waals surface area contributed by atoms with Crippen LogP contribution in [-0.2, 0) is 0 Å². The van der Waals surface area contributed by atoms with Gasteiger partial charge in [-0.2, -0.15) is 0 Å². The lowest BCUT2D eigenvalue weighted by Gasteiger charge is -2.42. The predicted molar refractivity (Wildman–Crippen MR) is 69.2 cm³/mol. The van der Waals surface area contributed by atoms with Gasteiger partial charge in [-0.1, -0.05) is 15.9 Å². The average molecular weight is 292 g/mol. The molecule has 1 amide bonds. The Hall–Kier alpha value is -0.250. The van der Waals surface area contributed by atoms with Crippen molar-refractivity contribution in [2.45, 2.75) is 58.0 Å². The van der Waals surface area contributed by atoms with Crippen LogP contribution in [-0.4, -0.2) is 33.0 Å². The Morgan fingerprint density at radius 1 is 1.31 bits per heavy atom. The van der Waals surface area contributed by atoms with E-state index in [1.807, 2.05) is 20.8 Å². The van der Waals surface area contributed by atoms with E-state index in [4.69, 9.17) is 0 Å². The van der Waals surface area contributed by atoms with Gasteiger partial charge in [0.2, 0.25) is 0 Å². The zero-order chi connectivity index (χ0) is 12.3. The molecule has 1 rings (SSSR count). The van der Waals surface area contributed by atoms with Crippen molar-refractivity contribution in [1.82, 2.24) is 4.90 Å². The Bertz CT molecular complexity index is 242. The molecule has 0 radical (unpaired) electrons. The zero-order valence-electron chi connectivity index (χ0n) is 10.4. The highest BCUT2D eigenvalue weighted by atomic mass is 79.9. The number of alkyl halides is 1. The summed E-state index contributed by atoms with van der Waals surface area (Å²) in [6.45, 7) is 5.91. The minimum atomic E-state index is -0.783. The van der Waals surface area contributed by atoms with Crippen LogP contribution in [0.25, 0.3) is 0 Å². The molecule has 1 fully saturated rings. The van der Waals surface area contributed by atoms with E-state index in [0.29, 0.717) is 0 Å². The first kappa shape index (κ1) is 13.8. The topological polar surface area (TPSA) is 40.5 Å². The van der Waals surface area contributed by atoms with Crippen molar-refractivity contribution in [3.8, 4) is 0 Å². The van der Waals surface area contributed by atoms with Gasteiger partial charge in [0.15, 0.2) is 0 Å². The quantitative estimate of drug-likeness (QED) is 0.788. The minimum Gasteiger partial charge on any atom is -0.465 e. The molecule has 4 heteroatoms. The van der Waals surface area contributed by atoms with Gasteiger partial charge in [0.1, 0.15) is 0 Å². The number of rotatable bonds is 2. The molecule has 16 heavy (non-hydrogen) atoms. The van der Waals surface area contributed by atoms with Crippen molar-refractivity contribution < 1.29 is 9.90 Å². The first-order valence-electron chi connectivity index (χ1n) is 5.94. The number of carbonyl (C=O) groups is 1. The molecule has 0 heterocycles. The monoisotopic (exact) mass is 291 g/mol. The number of amides is 1. The maximum Gasteiger partial charge on any atom is 0.407 e. The van der Waals surface area contributed by atoms with E-state index in [0.717, 1.165) is 36.9 Å². The number of carboxylic acid groups (broad SMARTS) is 1. The standard InChI is InChI=1S/C12H22BrNO2/c1-12(2,3)14(11(15)16)10-6-4-9(8-13)5-7-10/h9-10H,4-8H2,1-3H3,(H,15,16). The third kappa shape index (κ3) is 3.37. The molecule has 0 aromatic heterocycles. The number of halogens is 1. The van der Waals surface area contributed by atoms with Crippen LogP contribution in [0.5, 0.6) is 0 Å². The molecular weight excluding hydrogens is 270 g/mol. The molecule has 0 unspecified atom stereocenters. The average Bonchev–Trinajstić information content (AvgIpc) is 2.16. The molecule has 0 spiro atoms. The summed E-state index contributed by atoms with van der Waals surface area (Å²) in [4.78, 5) is 12.9. The molecule has 0 bridgehead atoms. The second-order valence-electron chi connectivity index (χ2n) is 5.65. The largest absolute Gasteiger partial charge is 0.465 e. The summed E-state index contributed by atoms with van der Waals surface area (Å²) in [6, 6.07) is 0.202. The van der Waals surface area contributed by atoms with Crippen LogP contribution in [0.2, 0.25) is 0 Å². The second-order valence-corrected chi connectivity index (χ2v) is 6.30.